The number of benzene rings is 2. The van der Waals surface area contributed by atoms with Crippen molar-refractivity contribution >= 4 is 46.8 Å². The Morgan fingerprint density at radius 1 is 1.14 bits per heavy atom. The lowest BCUT2D eigenvalue weighted by Gasteiger charge is -2.27. The molecule has 2 aromatic rings. The number of nitrogens with zero attached hydrogens (tertiary/aromatic N) is 1. The summed E-state index contributed by atoms with van der Waals surface area (Å²) in [5.41, 5.74) is 0.0895. The Kier molecular flexibility index (Phi) is 8.41. The first kappa shape index (κ1) is 28.0. The van der Waals surface area contributed by atoms with Crippen LogP contribution < -0.4 is 10.2 Å². The van der Waals surface area contributed by atoms with Gasteiger partial charge in [-0.25, -0.2) is 9.18 Å². The summed E-state index contributed by atoms with van der Waals surface area (Å²) in [4.78, 5) is 41.1. The molecule has 1 atom stereocenters. The smallest absolute Gasteiger partial charge is 0.408 e. The first-order valence-electron chi connectivity index (χ1n) is 11.7. The van der Waals surface area contributed by atoms with Crippen LogP contribution in [0, 0.1) is 11.2 Å². The van der Waals surface area contributed by atoms with Crippen molar-refractivity contribution in [1.29, 1.82) is 0 Å². The number of hydrogen-bond donors (Lipinski definition) is 1. The lowest BCUT2D eigenvalue weighted by atomic mass is 9.87. The summed E-state index contributed by atoms with van der Waals surface area (Å²) < 4.78 is 20.4. The second-order valence-electron chi connectivity index (χ2n) is 11.0. The van der Waals surface area contributed by atoms with Crippen molar-refractivity contribution < 1.29 is 23.5 Å². The first-order chi connectivity index (χ1) is 16.6. The van der Waals surface area contributed by atoms with E-state index in [-0.39, 0.29) is 41.4 Å². The van der Waals surface area contributed by atoms with Crippen molar-refractivity contribution in [3.63, 3.8) is 0 Å². The van der Waals surface area contributed by atoms with E-state index >= 15 is 4.39 Å². The summed E-state index contributed by atoms with van der Waals surface area (Å²) in [7, 11) is 0. The molecule has 1 aliphatic rings. The van der Waals surface area contributed by atoms with Crippen molar-refractivity contribution in [1.82, 2.24) is 5.32 Å². The maximum atomic E-state index is 15.1. The molecule has 194 valence electrons. The highest BCUT2D eigenvalue weighted by Crippen LogP contribution is 2.38. The van der Waals surface area contributed by atoms with Gasteiger partial charge in [-0.2, -0.15) is 0 Å². The Labute approximate surface area is 220 Å². The molecule has 0 aromatic heterocycles. The summed E-state index contributed by atoms with van der Waals surface area (Å²) in [6, 6.07) is 8.85. The molecular formula is C27H32ClFN2O4S. The molecule has 0 fully saturated rings. The first-order valence-corrected chi connectivity index (χ1v) is 13.0. The maximum absolute atomic E-state index is 15.1. The van der Waals surface area contributed by atoms with E-state index in [9.17, 15) is 14.4 Å². The van der Waals surface area contributed by atoms with Gasteiger partial charge in [0, 0.05) is 22.1 Å². The molecule has 0 saturated carbocycles. The van der Waals surface area contributed by atoms with E-state index < -0.39 is 23.6 Å². The molecule has 2 amide bonds. The number of hydrogen-bond acceptors (Lipinski definition) is 5. The van der Waals surface area contributed by atoms with Crippen molar-refractivity contribution in [3.8, 4) is 0 Å². The Bertz CT molecular complexity index is 1160. The van der Waals surface area contributed by atoms with Gasteiger partial charge in [0.2, 0.25) is 0 Å². The van der Waals surface area contributed by atoms with Gasteiger partial charge in [0.25, 0.3) is 5.91 Å². The molecule has 3 rings (SSSR count). The summed E-state index contributed by atoms with van der Waals surface area (Å²) in [6.45, 7) is 11.1. The molecule has 0 radical (unpaired) electrons. The third kappa shape index (κ3) is 7.46. The number of anilines is 1. The molecule has 0 saturated heterocycles. The van der Waals surface area contributed by atoms with Crippen LogP contribution in [0.4, 0.5) is 14.9 Å². The van der Waals surface area contributed by atoms with Gasteiger partial charge in [0.05, 0.1) is 17.8 Å². The quantitative estimate of drug-likeness (QED) is 0.436. The monoisotopic (exact) mass is 534 g/mol. The van der Waals surface area contributed by atoms with Crippen LogP contribution in [-0.4, -0.2) is 35.2 Å². The second kappa shape index (κ2) is 10.8. The zero-order valence-electron chi connectivity index (χ0n) is 21.4. The number of fused-ring (bicyclic) bond motifs is 1. The van der Waals surface area contributed by atoms with E-state index in [1.807, 2.05) is 20.8 Å². The van der Waals surface area contributed by atoms with Gasteiger partial charge in [-0.3, -0.25) is 9.59 Å². The summed E-state index contributed by atoms with van der Waals surface area (Å²) in [5, 5.41) is 3.21. The van der Waals surface area contributed by atoms with Gasteiger partial charge in [-0.1, -0.05) is 44.5 Å². The minimum absolute atomic E-state index is 0.0586. The van der Waals surface area contributed by atoms with Crippen LogP contribution in [0.2, 0.25) is 5.02 Å². The SMILES string of the molecule is CC(C)(C)CC(=O)c1cc2c(cc1F)SC[C@H](NC(=O)OC(C)(C)C)C(=O)N2Cc1ccc(Cl)cc1. The lowest BCUT2D eigenvalue weighted by Crippen LogP contribution is -2.50. The Hall–Kier alpha value is -2.58. The number of alkyl carbamates (subject to hydrolysis) is 1. The number of Topliss-reactive ketones (excluding diaryl/α,β-unsaturated/α-hetero) is 1. The van der Waals surface area contributed by atoms with E-state index in [4.69, 9.17) is 16.3 Å². The van der Waals surface area contributed by atoms with Gasteiger partial charge in [-0.15, -0.1) is 11.8 Å². The average Bonchev–Trinajstić information content (AvgIpc) is 2.84. The van der Waals surface area contributed by atoms with E-state index in [2.05, 4.69) is 5.32 Å². The van der Waals surface area contributed by atoms with Crippen molar-refractivity contribution in [2.75, 3.05) is 10.7 Å². The topological polar surface area (TPSA) is 75.7 Å². The van der Waals surface area contributed by atoms with Crippen molar-refractivity contribution in [2.24, 2.45) is 5.41 Å². The van der Waals surface area contributed by atoms with Crippen LogP contribution in [0.15, 0.2) is 41.3 Å². The molecule has 36 heavy (non-hydrogen) atoms. The fraction of sp³-hybridized carbons (Fsp3) is 0.444. The van der Waals surface area contributed by atoms with Gasteiger partial charge in [0.15, 0.2) is 5.78 Å². The Balaban J connectivity index is 2.02. The largest absolute Gasteiger partial charge is 0.444 e. The molecule has 0 bridgehead atoms. The normalized spacial score (nSPS) is 16.3. The van der Waals surface area contributed by atoms with Gasteiger partial charge < -0.3 is 15.0 Å². The second-order valence-corrected chi connectivity index (χ2v) is 12.5. The zero-order chi connectivity index (χ0) is 26.8. The van der Waals surface area contributed by atoms with Gasteiger partial charge >= 0.3 is 6.09 Å². The number of ketones is 1. The van der Waals surface area contributed by atoms with Crippen molar-refractivity contribution in [2.45, 2.75) is 71.0 Å². The summed E-state index contributed by atoms with van der Waals surface area (Å²) in [6.07, 6.45) is -0.560. The van der Waals surface area contributed by atoms with Gasteiger partial charge in [0.1, 0.15) is 17.5 Å². The number of thioether (sulfide) groups is 1. The van der Waals surface area contributed by atoms with Crippen LogP contribution >= 0.6 is 23.4 Å². The average molecular weight is 535 g/mol. The number of nitrogens with one attached hydrogen (secondary N) is 1. The molecule has 0 aliphatic carbocycles. The van der Waals surface area contributed by atoms with E-state index in [0.717, 1.165) is 5.56 Å². The number of halogens is 2. The molecule has 6 nitrogen and oxygen atoms in total. The molecule has 9 heteroatoms. The van der Waals surface area contributed by atoms with E-state index in [1.165, 1.54) is 28.8 Å². The van der Waals surface area contributed by atoms with Gasteiger partial charge in [-0.05, 0) is 56.0 Å². The van der Waals surface area contributed by atoms with Crippen LogP contribution in [0.25, 0.3) is 0 Å². The fourth-order valence-electron chi connectivity index (χ4n) is 3.70. The Morgan fingerprint density at radius 3 is 2.36 bits per heavy atom. The molecule has 1 N–H and O–H groups in total. The molecule has 0 spiro atoms. The number of carbonyl (C=O) groups excluding carboxylic acids is 3. The zero-order valence-corrected chi connectivity index (χ0v) is 23.0. The predicted octanol–water partition coefficient (Wildman–Crippen LogP) is 6.63. The van der Waals surface area contributed by atoms with Crippen LogP contribution in [0.1, 0.15) is 63.9 Å². The standard InChI is InChI=1S/C27H32ClFN2O4S/c1-26(2,3)13-22(32)18-11-21-23(12-19(18)29)36-15-20(30-25(34)35-27(4,5)6)24(33)31(21)14-16-7-9-17(28)10-8-16/h7-12,20H,13-15H2,1-6H3,(H,30,34)/t20-/m0/s1. The van der Waals surface area contributed by atoms with E-state index in [1.54, 1.807) is 45.0 Å². The summed E-state index contributed by atoms with van der Waals surface area (Å²) in [5.74, 6) is -1.17. The van der Waals surface area contributed by atoms with Crippen LogP contribution in [-0.2, 0) is 16.1 Å². The number of amides is 2. The fourth-order valence-corrected chi connectivity index (χ4v) is 4.90. The van der Waals surface area contributed by atoms with Crippen molar-refractivity contribution in [3.05, 3.63) is 58.4 Å². The molecule has 1 aliphatic heterocycles. The minimum atomic E-state index is -0.915. The van der Waals surface area contributed by atoms with Crippen LogP contribution in [0.3, 0.4) is 0 Å². The molecule has 1 heterocycles. The van der Waals surface area contributed by atoms with E-state index in [0.29, 0.717) is 15.6 Å². The number of carbonyl (C=O) groups is 3. The third-order valence-corrected chi connectivity index (χ3v) is 6.64. The molecule has 0 unspecified atom stereocenters. The highest BCUT2D eigenvalue weighted by Gasteiger charge is 2.34. The molecule has 2 aromatic carbocycles. The Morgan fingerprint density at radius 2 is 1.78 bits per heavy atom. The third-order valence-electron chi connectivity index (χ3n) is 5.25. The minimum Gasteiger partial charge on any atom is -0.444 e. The highest BCUT2D eigenvalue weighted by molar-refractivity contribution is 7.99. The number of rotatable bonds is 5. The number of ether oxygens (including phenoxy) is 1. The predicted molar refractivity (Wildman–Crippen MR) is 141 cm³/mol. The maximum Gasteiger partial charge on any atom is 0.408 e. The summed E-state index contributed by atoms with van der Waals surface area (Å²) >= 11 is 7.27. The highest BCUT2D eigenvalue weighted by atomic mass is 35.5. The lowest BCUT2D eigenvalue weighted by molar-refractivity contribution is -0.120. The molecular weight excluding hydrogens is 503 g/mol. The van der Waals surface area contributed by atoms with Crippen LogP contribution in [0.5, 0.6) is 0 Å².